The Morgan fingerprint density at radius 3 is 2.88 bits per heavy atom. The van der Waals surface area contributed by atoms with E-state index in [1.54, 1.807) is 0 Å². The summed E-state index contributed by atoms with van der Waals surface area (Å²) in [6, 6.07) is 0. The number of rotatable bonds is 7. The molecule has 16 heavy (non-hydrogen) atoms. The van der Waals surface area contributed by atoms with E-state index >= 15 is 0 Å². The molecule has 0 saturated heterocycles. The number of carboxylic acid groups (broad SMARTS) is 1. The van der Waals surface area contributed by atoms with Crippen molar-refractivity contribution in [1.29, 1.82) is 0 Å². The third kappa shape index (κ3) is 4.09. The van der Waals surface area contributed by atoms with Crippen molar-refractivity contribution >= 4 is 16.8 Å². The lowest BCUT2D eigenvalue weighted by atomic mass is 10.4. The molecule has 0 bridgehead atoms. The molecule has 0 aliphatic rings. The fraction of sp³-hybridized carbons (Fsp3) is 0.667. The Morgan fingerprint density at radius 1 is 1.56 bits per heavy atom. The van der Waals surface area contributed by atoms with Crippen LogP contribution < -0.4 is 0 Å². The predicted molar refractivity (Wildman–Crippen MR) is 59.8 cm³/mol. The van der Waals surface area contributed by atoms with Gasteiger partial charge in [0, 0.05) is 22.3 Å². The van der Waals surface area contributed by atoms with Crippen LogP contribution in [0.5, 0.6) is 0 Å². The Balaban J connectivity index is 2.36. The van der Waals surface area contributed by atoms with Crippen LogP contribution in [0.4, 0.5) is 0 Å². The van der Waals surface area contributed by atoms with E-state index in [1.807, 2.05) is 6.92 Å². The van der Waals surface area contributed by atoms with Gasteiger partial charge in [0.1, 0.15) is 0 Å². The first-order valence-electron chi connectivity index (χ1n) is 5.12. The topological polar surface area (TPSA) is 85.1 Å². The van der Waals surface area contributed by atoms with Crippen molar-refractivity contribution in [1.82, 2.24) is 15.0 Å². The van der Waals surface area contributed by atoms with Gasteiger partial charge in [-0.25, -0.2) is 4.79 Å². The first-order chi connectivity index (χ1) is 7.63. The highest BCUT2D eigenvalue weighted by atomic mass is 32.2. The average molecular weight is 245 g/mol. The number of aromatic nitrogens is 3. The molecule has 0 spiro atoms. The van der Waals surface area contributed by atoms with Gasteiger partial charge in [-0.15, -0.1) is 5.10 Å². The Hall–Kier alpha value is -1.24. The van der Waals surface area contributed by atoms with Gasteiger partial charge in [0.05, 0.1) is 12.7 Å². The van der Waals surface area contributed by atoms with Crippen LogP contribution in [-0.4, -0.2) is 41.8 Å². The molecule has 0 saturated carbocycles. The van der Waals surface area contributed by atoms with E-state index in [0.29, 0.717) is 18.1 Å². The second kappa shape index (κ2) is 6.37. The SMILES string of the molecule is CCCCS(=O)CCn1cc(C(=O)O)nn1. The van der Waals surface area contributed by atoms with Crippen molar-refractivity contribution in [3.8, 4) is 0 Å². The van der Waals surface area contributed by atoms with Gasteiger partial charge in [-0.2, -0.15) is 0 Å². The normalized spacial score (nSPS) is 12.6. The molecule has 6 nitrogen and oxygen atoms in total. The summed E-state index contributed by atoms with van der Waals surface area (Å²) in [4.78, 5) is 10.5. The molecule has 0 aromatic carbocycles. The summed E-state index contributed by atoms with van der Waals surface area (Å²) in [5.41, 5.74) is -0.0839. The molecule has 90 valence electrons. The van der Waals surface area contributed by atoms with Crippen molar-refractivity contribution in [2.75, 3.05) is 11.5 Å². The number of carboxylic acids is 1. The van der Waals surface area contributed by atoms with Crippen LogP contribution in [-0.2, 0) is 17.3 Å². The maximum absolute atomic E-state index is 11.4. The first-order valence-corrected chi connectivity index (χ1v) is 6.60. The number of aryl methyl sites for hydroxylation is 1. The van der Waals surface area contributed by atoms with Gasteiger partial charge in [-0.1, -0.05) is 18.6 Å². The van der Waals surface area contributed by atoms with Gasteiger partial charge in [-0.05, 0) is 6.42 Å². The Kier molecular flexibility index (Phi) is 5.10. The highest BCUT2D eigenvalue weighted by Crippen LogP contribution is 1.96. The average Bonchev–Trinajstić information content (AvgIpc) is 2.72. The highest BCUT2D eigenvalue weighted by molar-refractivity contribution is 7.84. The monoisotopic (exact) mass is 245 g/mol. The van der Waals surface area contributed by atoms with Gasteiger partial charge in [0.2, 0.25) is 0 Å². The van der Waals surface area contributed by atoms with Gasteiger partial charge in [0.25, 0.3) is 0 Å². The van der Waals surface area contributed by atoms with E-state index in [2.05, 4.69) is 10.3 Å². The predicted octanol–water partition coefficient (Wildman–Crippen LogP) is 0.525. The van der Waals surface area contributed by atoms with Crippen LogP contribution in [0.15, 0.2) is 6.20 Å². The lowest BCUT2D eigenvalue weighted by Gasteiger charge is -2.00. The Bertz CT molecular complexity index is 378. The molecule has 1 aromatic heterocycles. The zero-order valence-electron chi connectivity index (χ0n) is 9.13. The molecular weight excluding hydrogens is 230 g/mol. The van der Waals surface area contributed by atoms with Crippen LogP contribution in [0.2, 0.25) is 0 Å². The maximum atomic E-state index is 11.4. The van der Waals surface area contributed by atoms with Gasteiger partial charge in [-0.3, -0.25) is 8.89 Å². The summed E-state index contributed by atoms with van der Waals surface area (Å²) in [6.45, 7) is 2.49. The van der Waals surface area contributed by atoms with Crippen LogP contribution in [0.25, 0.3) is 0 Å². The van der Waals surface area contributed by atoms with E-state index in [-0.39, 0.29) is 5.69 Å². The standard InChI is InChI=1S/C9H15N3O3S/c1-2-3-5-16(15)6-4-12-7-8(9(13)14)10-11-12/h7H,2-6H2,1H3,(H,13,14). The van der Waals surface area contributed by atoms with E-state index in [4.69, 9.17) is 5.11 Å². The molecule has 0 amide bonds. The summed E-state index contributed by atoms with van der Waals surface area (Å²) in [5.74, 6) is 0.0812. The largest absolute Gasteiger partial charge is 0.476 e. The molecule has 1 atom stereocenters. The highest BCUT2D eigenvalue weighted by Gasteiger charge is 2.08. The molecule has 0 radical (unpaired) electrons. The zero-order chi connectivity index (χ0) is 12.0. The van der Waals surface area contributed by atoms with Crippen LogP contribution in [0, 0.1) is 0 Å². The lowest BCUT2D eigenvalue weighted by molar-refractivity contribution is 0.0690. The number of unbranched alkanes of at least 4 members (excludes halogenated alkanes) is 1. The fourth-order valence-electron chi connectivity index (χ4n) is 1.11. The third-order valence-corrected chi connectivity index (χ3v) is 3.41. The molecule has 0 fully saturated rings. The number of aromatic carboxylic acids is 1. The Labute approximate surface area is 96.1 Å². The van der Waals surface area contributed by atoms with E-state index in [1.165, 1.54) is 10.9 Å². The van der Waals surface area contributed by atoms with Crippen molar-refractivity contribution in [3.63, 3.8) is 0 Å². The molecule has 1 rings (SSSR count). The van der Waals surface area contributed by atoms with Crippen molar-refractivity contribution in [2.45, 2.75) is 26.3 Å². The van der Waals surface area contributed by atoms with Crippen molar-refractivity contribution in [2.24, 2.45) is 0 Å². The smallest absolute Gasteiger partial charge is 0.358 e. The number of carbonyl (C=O) groups is 1. The second-order valence-corrected chi connectivity index (χ2v) is 5.07. The third-order valence-electron chi connectivity index (χ3n) is 2.03. The molecule has 1 unspecified atom stereocenters. The van der Waals surface area contributed by atoms with Gasteiger partial charge >= 0.3 is 5.97 Å². The molecular formula is C9H15N3O3S. The summed E-state index contributed by atoms with van der Waals surface area (Å²) in [6.07, 6.45) is 3.32. The van der Waals surface area contributed by atoms with E-state index in [0.717, 1.165) is 12.8 Å². The lowest BCUT2D eigenvalue weighted by Crippen LogP contribution is -2.10. The second-order valence-electron chi connectivity index (χ2n) is 3.37. The fourth-order valence-corrected chi connectivity index (χ4v) is 2.31. The summed E-state index contributed by atoms with van der Waals surface area (Å²) < 4.78 is 12.9. The minimum atomic E-state index is -1.10. The van der Waals surface area contributed by atoms with Crippen LogP contribution in [0.3, 0.4) is 0 Å². The van der Waals surface area contributed by atoms with Gasteiger partial charge < -0.3 is 5.11 Å². The molecule has 0 aliphatic heterocycles. The van der Waals surface area contributed by atoms with Gasteiger partial charge in [0.15, 0.2) is 5.69 Å². The van der Waals surface area contributed by atoms with Crippen LogP contribution >= 0.6 is 0 Å². The quantitative estimate of drug-likeness (QED) is 0.757. The van der Waals surface area contributed by atoms with E-state index < -0.39 is 16.8 Å². The molecule has 7 heteroatoms. The number of hydrogen-bond acceptors (Lipinski definition) is 4. The molecule has 0 aliphatic carbocycles. The molecule has 1 aromatic rings. The van der Waals surface area contributed by atoms with Crippen molar-refractivity contribution < 1.29 is 14.1 Å². The summed E-state index contributed by atoms with van der Waals surface area (Å²) in [5, 5.41) is 15.7. The number of nitrogens with zero attached hydrogens (tertiary/aromatic N) is 3. The molecule has 1 N–H and O–H groups in total. The first kappa shape index (κ1) is 12.8. The minimum absolute atomic E-state index is 0.0839. The maximum Gasteiger partial charge on any atom is 0.358 e. The minimum Gasteiger partial charge on any atom is -0.476 e. The van der Waals surface area contributed by atoms with E-state index in [9.17, 15) is 9.00 Å². The summed E-state index contributed by atoms with van der Waals surface area (Å²) in [7, 11) is -0.858. The Morgan fingerprint density at radius 2 is 2.31 bits per heavy atom. The van der Waals surface area contributed by atoms with Crippen molar-refractivity contribution in [3.05, 3.63) is 11.9 Å². The number of hydrogen-bond donors (Lipinski definition) is 1. The zero-order valence-corrected chi connectivity index (χ0v) is 9.94. The molecule has 1 heterocycles. The summed E-state index contributed by atoms with van der Waals surface area (Å²) >= 11 is 0. The van der Waals surface area contributed by atoms with Crippen LogP contribution in [0.1, 0.15) is 30.3 Å².